The number of carbonyl (C=O) groups is 1. The van der Waals surface area contributed by atoms with Crippen molar-refractivity contribution in [3.63, 3.8) is 0 Å². The first-order valence-corrected chi connectivity index (χ1v) is 6.68. The van der Waals surface area contributed by atoms with Gasteiger partial charge in [-0.25, -0.2) is 12.7 Å². The summed E-state index contributed by atoms with van der Waals surface area (Å²) in [5.74, 6) is -1.19. The van der Waals surface area contributed by atoms with Crippen LogP contribution in [0.5, 0.6) is 0 Å². The smallest absolute Gasteiger partial charge is 0.326 e. The third-order valence-electron chi connectivity index (χ3n) is 3.24. The summed E-state index contributed by atoms with van der Waals surface area (Å²) < 4.78 is 24.0. The summed E-state index contributed by atoms with van der Waals surface area (Å²) in [5.41, 5.74) is 0. The van der Waals surface area contributed by atoms with Gasteiger partial charge in [-0.1, -0.05) is 6.42 Å². The number of nitrogens with zero attached hydrogens (tertiary/aromatic N) is 1. The van der Waals surface area contributed by atoms with Crippen molar-refractivity contribution in [2.45, 2.75) is 36.9 Å². The number of hydrogen-bond acceptors (Lipinski definition) is 3. The lowest BCUT2D eigenvalue weighted by Gasteiger charge is -2.28. The Morgan fingerprint density at radius 3 is 2.07 bits per heavy atom. The van der Waals surface area contributed by atoms with Gasteiger partial charge >= 0.3 is 5.97 Å². The van der Waals surface area contributed by atoms with E-state index in [1.54, 1.807) is 0 Å². The van der Waals surface area contributed by atoms with E-state index in [0.29, 0.717) is 13.1 Å². The van der Waals surface area contributed by atoms with Gasteiger partial charge in [0, 0.05) is 13.1 Å². The molecule has 0 radical (unpaired) electrons. The van der Waals surface area contributed by atoms with Crippen molar-refractivity contribution in [1.82, 2.24) is 4.31 Å². The van der Waals surface area contributed by atoms with Crippen molar-refractivity contribution in [2.75, 3.05) is 13.1 Å². The number of carboxylic acid groups (broad SMARTS) is 1. The molecule has 86 valence electrons. The summed E-state index contributed by atoms with van der Waals surface area (Å²) in [6.45, 7) is 0.967. The minimum Gasteiger partial charge on any atom is -0.480 e. The molecular formula is C9H15NO4S. The summed E-state index contributed by atoms with van der Waals surface area (Å²) in [6, 6.07) is 0. The zero-order valence-corrected chi connectivity index (χ0v) is 9.29. The predicted molar refractivity (Wildman–Crippen MR) is 53.9 cm³/mol. The highest BCUT2D eigenvalue weighted by atomic mass is 32.2. The monoisotopic (exact) mass is 233 g/mol. The van der Waals surface area contributed by atoms with Crippen LogP contribution in [0.1, 0.15) is 32.1 Å². The van der Waals surface area contributed by atoms with E-state index < -0.39 is 20.7 Å². The summed E-state index contributed by atoms with van der Waals surface area (Å²) in [7, 11) is -3.62. The van der Waals surface area contributed by atoms with Crippen LogP contribution < -0.4 is 0 Å². The second-order valence-corrected chi connectivity index (χ2v) is 6.51. The molecule has 0 unspecified atom stereocenters. The lowest BCUT2D eigenvalue weighted by Crippen LogP contribution is -2.46. The van der Waals surface area contributed by atoms with Crippen LogP contribution >= 0.6 is 0 Å². The molecule has 0 atom stereocenters. The molecule has 1 aliphatic carbocycles. The van der Waals surface area contributed by atoms with E-state index in [-0.39, 0.29) is 12.8 Å². The Bertz CT molecular complexity index is 366. The van der Waals surface area contributed by atoms with Crippen LogP contribution in [0, 0.1) is 0 Å². The molecule has 0 aromatic carbocycles. The van der Waals surface area contributed by atoms with E-state index in [4.69, 9.17) is 5.11 Å². The molecule has 1 N–H and O–H groups in total. The first-order chi connectivity index (χ1) is 7.01. The Morgan fingerprint density at radius 1 is 1.13 bits per heavy atom. The summed E-state index contributed by atoms with van der Waals surface area (Å²) in [6.07, 6.45) is 3.25. The zero-order valence-electron chi connectivity index (χ0n) is 8.48. The highest BCUT2D eigenvalue weighted by Crippen LogP contribution is 2.45. The minimum absolute atomic E-state index is 0.265. The summed E-state index contributed by atoms with van der Waals surface area (Å²) in [5, 5.41) is 8.96. The number of aliphatic carboxylic acids is 1. The Hall–Kier alpha value is -0.620. The Balaban J connectivity index is 2.23. The zero-order chi connectivity index (χ0) is 11.1. The molecule has 5 nitrogen and oxygen atoms in total. The first kappa shape index (κ1) is 10.9. The van der Waals surface area contributed by atoms with Crippen LogP contribution in [-0.4, -0.2) is 41.6 Å². The Kier molecular flexibility index (Phi) is 2.50. The van der Waals surface area contributed by atoms with Gasteiger partial charge in [-0.2, -0.15) is 0 Å². The van der Waals surface area contributed by atoms with Crippen molar-refractivity contribution < 1.29 is 18.3 Å². The first-order valence-electron chi connectivity index (χ1n) is 5.24. The highest BCUT2D eigenvalue weighted by Gasteiger charge is 2.63. The number of piperidine rings is 1. The molecule has 1 saturated carbocycles. The van der Waals surface area contributed by atoms with E-state index in [1.165, 1.54) is 4.31 Å². The van der Waals surface area contributed by atoms with Crippen LogP contribution in [0.15, 0.2) is 0 Å². The van der Waals surface area contributed by atoms with Crippen molar-refractivity contribution >= 4 is 16.0 Å². The molecule has 6 heteroatoms. The molecule has 1 heterocycles. The van der Waals surface area contributed by atoms with Crippen molar-refractivity contribution in [2.24, 2.45) is 0 Å². The molecule has 2 fully saturated rings. The number of rotatable bonds is 3. The van der Waals surface area contributed by atoms with Gasteiger partial charge in [-0.3, -0.25) is 4.79 Å². The van der Waals surface area contributed by atoms with E-state index in [2.05, 4.69) is 0 Å². The fourth-order valence-electron chi connectivity index (χ4n) is 2.05. The fraction of sp³-hybridized carbons (Fsp3) is 0.889. The van der Waals surface area contributed by atoms with Crippen LogP contribution in [-0.2, 0) is 14.8 Å². The van der Waals surface area contributed by atoms with Crippen LogP contribution in [0.25, 0.3) is 0 Å². The summed E-state index contributed by atoms with van der Waals surface area (Å²) >= 11 is 0. The molecule has 0 spiro atoms. The molecule has 15 heavy (non-hydrogen) atoms. The van der Waals surface area contributed by atoms with Gasteiger partial charge in [0.05, 0.1) is 0 Å². The molecule has 1 saturated heterocycles. The SMILES string of the molecule is O=C(O)C1(S(=O)(=O)N2CCCCC2)CC1. The van der Waals surface area contributed by atoms with E-state index >= 15 is 0 Å². The number of hydrogen-bond donors (Lipinski definition) is 1. The number of carboxylic acids is 1. The van der Waals surface area contributed by atoms with Gasteiger partial charge in [-0.05, 0) is 25.7 Å². The molecule has 1 aliphatic heterocycles. The van der Waals surface area contributed by atoms with Crippen molar-refractivity contribution in [3.05, 3.63) is 0 Å². The van der Waals surface area contributed by atoms with Gasteiger partial charge in [0.15, 0.2) is 4.75 Å². The lowest BCUT2D eigenvalue weighted by molar-refractivity contribution is -0.137. The average Bonchev–Trinajstić information content (AvgIpc) is 3.00. The normalized spacial score (nSPS) is 26.1. The third-order valence-corrected chi connectivity index (χ3v) is 5.86. The van der Waals surface area contributed by atoms with Gasteiger partial charge in [-0.15, -0.1) is 0 Å². The maximum atomic E-state index is 12.1. The minimum atomic E-state index is -3.62. The van der Waals surface area contributed by atoms with Crippen LogP contribution in [0.3, 0.4) is 0 Å². The molecule has 0 aromatic rings. The van der Waals surface area contributed by atoms with Gasteiger partial charge in [0.2, 0.25) is 10.0 Å². The molecule has 0 aromatic heterocycles. The number of sulfonamides is 1. The van der Waals surface area contributed by atoms with E-state index in [0.717, 1.165) is 19.3 Å². The standard InChI is InChI=1S/C9H15NO4S/c11-8(12)9(4-5-9)15(13,14)10-6-2-1-3-7-10/h1-7H2,(H,11,12). The van der Waals surface area contributed by atoms with Gasteiger partial charge in [0.25, 0.3) is 0 Å². The predicted octanol–water partition coefficient (Wildman–Crippen LogP) is 0.419. The second-order valence-electron chi connectivity index (χ2n) is 4.26. The van der Waals surface area contributed by atoms with Crippen molar-refractivity contribution in [1.29, 1.82) is 0 Å². The maximum Gasteiger partial charge on any atom is 0.326 e. The van der Waals surface area contributed by atoms with Crippen LogP contribution in [0.4, 0.5) is 0 Å². The lowest BCUT2D eigenvalue weighted by atomic mass is 10.2. The second kappa shape index (κ2) is 3.45. The molecule has 2 aliphatic rings. The van der Waals surface area contributed by atoms with Crippen LogP contribution in [0.2, 0.25) is 0 Å². The Labute approximate surface area is 89.1 Å². The van der Waals surface area contributed by atoms with E-state index in [1.807, 2.05) is 0 Å². The van der Waals surface area contributed by atoms with Gasteiger partial charge in [0.1, 0.15) is 0 Å². The average molecular weight is 233 g/mol. The quantitative estimate of drug-likeness (QED) is 0.766. The summed E-state index contributed by atoms with van der Waals surface area (Å²) in [4.78, 5) is 11.0. The molecule has 2 rings (SSSR count). The van der Waals surface area contributed by atoms with Gasteiger partial charge < -0.3 is 5.11 Å². The molecule has 0 bridgehead atoms. The Morgan fingerprint density at radius 2 is 1.67 bits per heavy atom. The third kappa shape index (κ3) is 1.56. The topological polar surface area (TPSA) is 74.7 Å². The maximum absolute atomic E-state index is 12.1. The molecule has 0 amide bonds. The fourth-order valence-corrected chi connectivity index (χ4v) is 4.12. The largest absolute Gasteiger partial charge is 0.480 e. The van der Waals surface area contributed by atoms with Crippen molar-refractivity contribution in [3.8, 4) is 0 Å². The molecular weight excluding hydrogens is 218 g/mol. The highest BCUT2D eigenvalue weighted by molar-refractivity contribution is 7.91. The van der Waals surface area contributed by atoms with E-state index in [9.17, 15) is 13.2 Å².